The van der Waals surface area contributed by atoms with Gasteiger partial charge in [0.1, 0.15) is 23.9 Å². The molecule has 0 aliphatic carbocycles. The van der Waals surface area contributed by atoms with Gasteiger partial charge < -0.3 is 24.8 Å². The maximum absolute atomic E-state index is 10.8. The molecule has 3 rings (SSSR count). The van der Waals surface area contributed by atoms with Crippen molar-refractivity contribution in [2.24, 2.45) is 0 Å². The van der Waals surface area contributed by atoms with Gasteiger partial charge in [0.05, 0.1) is 12.7 Å². The van der Waals surface area contributed by atoms with Crippen LogP contribution in [0.4, 0.5) is 0 Å². The maximum atomic E-state index is 10.8. The summed E-state index contributed by atoms with van der Waals surface area (Å²) < 4.78 is 11.4. The van der Waals surface area contributed by atoms with E-state index >= 15 is 0 Å². The smallest absolute Gasteiger partial charge is 0.120 e. The monoisotopic (exact) mass is 454 g/mol. The Balaban J connectivity index is 2.07. The van der Waals surface area contributed by atoms with Gasteiger partial charge in [-0.2, -0.15) is 0 Å². The lowest BCUT2D eigenvalue weighted by molar-refractivity contribution is -0.263. The summed E-state index contributed by atoms with van der Waals surface area (Å²) in [6.07, 6.45) is -2.76. The van der Waals surface area contributed by atoms with Crippen molar-refractivity contribution in [3.63, 3.8) is 0 Å². The number of hydrogen-bond donors (Lipinski definition) is 3. The van der Waals surface area contributed by atoms with Crippen molar-refractivity contribution in [2.45, 2.75) is 77.2 Å². The Morgan fingerprint density at radius 3 is 2.47 bits per heavy atom. The lowest BCUT2D eigenvalue weighted by Gasteiger charge is -2.47. The van der Waals surface area contributed by atoms with Crippen molar-refractivity contribution >= 4 is 22.9 Å². The first-order valence-electron chi connectivity index (χ1n) is 10.2. The van der Waals surface area contributed by atoms with Gasteiger partial charge in [-0.15, -0.1) is 11.3 Å². The molecule has 0 saturated carbocycles. The second kappa shape index (κ2) is 9.25. The second-order valence-corrected chi connectivity index (χ2v) is 9.87. The third kappa shape index (κ3) is 4.32. The zero-order valence-corrected chi connectivity index (χ0v) is 19.7. The SMILES string of the molecule is CCc1sc(Cc2cc([C@]3(C)O[C@H](C)[C@@H](O)[C@H](O)[C@H]3O)c(COC)cc2Cl)cc1C. The average Bonchev–Trinajstić information content (AvgIpc) is 3.06. The molecule has 2 heterocycles. The van der Waals surface area contributed by atoms with Crippen molar-refractivity contribution in [1.29, 1.82) is 0 Å². The summed E-state index contributed by atoms with van der Waals surface area (Å²) in [7, 11) is 1.59. The quantitative estimate of drug-likeness (QED) is 0.619. The Bertz CT molecular complexity index is 898. The van der Waals surface area contributed by atoms with E-state index < -0.39 is 30.0 Å². The number of halogens is 1. The van der Waals surface area contributed by atoms with E-state index in [9.17, 15) is 15.3 Å². The Hall–Kier alpha value is -0.990. The van der Waals surface area contributed by atoms with Crippen molar-refractivity contribution in [2.75, 3.05) is 7.11 Å². The summed E-state index contributed by atoms with van der Waals surface area (Å²) in [5.74, 6) is 0. The highest BCUT2D eigenvalue weighted by Gasteiger charge is 2.51. The molecule has 7 heteroatoms. The standard InChI is InChI=1S/C23H31ClO5S/c1-6-19-12(2)7-16(30-19)8-14-9-17(15(11-28-5)10-18(14)24)23(4)22(27)21(26)20(25)13(3)29-23/h7,9-10,13,20-22,25-27H,6,8,11H2,1-5H3/t13-,20-,21+,22-,23+/m1/s1. The zero-order chi connectivity index (χ0) is 22.2. The lowest BCUT2D eigenvalue weighted by atomic mass is 9.79. The van der Waals surface area contributed by atoms with Crippen LogP contribution in [0.2, 0.25) is 5.02 Å². The van der Waals surface area contributed by atoms with Crippen molar-refractivity contribution in [3.05, 3.63) is 55.2 Å². The molecule has 0 bridgehead atoms. The molecule has 0 amide bonds. The molecule has 5 nitrogen and oxygen atoms in total. The van der Waals surface area contributed by atoms with Gasteiger partial charge in [-0.25, -0.2) is 0 Å². The molecule has 3 N–H and O–H groups in total. The van der Waals surface area contributed by atoms with E-state index in [1.807, 2.05) is 12.1 Å². The number of methoxy groups -OCH3 is 1. The number of rotatable bonds is 6. The van der Waals surface area contributed by atoms with Gasteiger partial charge in [0.2, 0.25) is 0 Å². The van der Waals surface area contributed by atoms with Crippen LogP contribution in [0.15, 0.2) is 18.2 Å². The van der Waals surface area contributed by atoms with Crippen LogP contribution >= 0.6 is 22.9 Å². The van der Waals surface area contributed by atoms with Crippen LogP contribution in [-0.4, -0.2) is 46.8 Å². The second-order valence-electron chi connectivity index (χ2n) is 8.24. The summed E-state index contributed by atoms with van der Waals surface area (Å²) >= 11 is 8.41. The largest absolute Gasteiger partial charge is 0.388 e. The van der Waals surface area contributed by atoms with Gasteiger partial charge in [0, 0.05) is 28.3 Å². The van der Waals surface area contributed by atoms with Crippen molar-refractivity contribution in [3.8, 4) is 0 Å². The van der Waals surface area contributed by atoms with Crippen molar-refractivity contribution in [1.82, 2.24) is 0 Å². The minimum Gasteiger partial charge on any atom is -0.388 e. The van der Waals surface area contributed by atoms with E-state index in [0.717, 1.165) is 17.5 Å². The average molecular weight is 455 g/mol. The minimum absolute atomic E-state index is 0.284. The molecule has 2 aromatic rings. The van der Waals surface area contributed by atoms with E-state index in [1.54, 1.807) is 32.3 Å². The first kappa shape index (κ1) is 23.7. The Kier molecular flexibility index (Phi) is 7.30. The molecule has 1 aromatic carbocycles. The Morgan fingerprint density at radius 1 is 1.17 bits per heavy atom. The molecular formula is C23H31ClO5S. The predicted molar refractivity (Wildman–Crippen MR) is 119 cm³/mol. The third-order valence-corrected chi connectivity index (χ3v) is 7.75. The van der Waals surface area contributed by atoms with Crippen LogP contribution < -0.4 is 0 Å². The van der Waals surface area contributed by atoms with Crippen LogP contribution in [0.25, 0.3) is 0 Å². The molecule has 1 aliphatic heterocycles. The Morgan fingerprint density at radius 2 is 1.87 bits per heavy atom. The molecule has 30 heavy (non-hydrogen) atoms. The highest BCUT2D eigenvalue weighted by molar-refractivity contribution is 7.12. The summed E-state index contributed by atoms with van der Waals surface area (Å²) in [5, 5.41) is 32.0. The summed E-state index contributed by atoms with van der Waals surface area (Å²) in [4.78, 5) is 2.58. The van der Waals surface area contributed by atoms with Crippen molar-refractivity contribution < 1.29 is 24.8 Å². The van der Waals surface area contributed by atoms with Crippen LogP contribution in [0, 0.1) is 6.92 Å². The molecule has 166 valence electrons. The molecule has 5 atom stereocenters. The fourth-order valence-corrected chi connectivity index (χ4v) is 5.68. The first-order valence-corrected chi connectivity index (χ1v) is 11.4. The third-order valence-electron chi connectivity index (χ3n) is 6.01. The molecule has 0 unspecified atom stereocenters. The van der Waals surface area contributed by atoms with Gasteiger partial charge in [-0.3, -0.25) is 0 Å². The highest BCUT2D eigenvalue weighted by Crippen LogP contribution is 2.42. The molecule has 1 aliphatic rings. The van der Waals surface area contributed by atoms with Crippen LogP contribution in [0.1, 0.15) is 52.8 Å². The minimum atomic E-state index is -1.32. The van der Waals surface area contributed by atoms with Gasteiger partial charge in [0.15, 0.2) is 0 Å². The van der Waals surface area contributed by atoms with E-state index in [4.69, 9.17) is 21.1 Å². The molecule has 1 fully saturated rings. The van der Waals surface area contributed by atoms with Gasteiger partial charge in [-0.05, 0) is 61.6 Å². The number of ether oxygens (including phenoxy) is 2. The number of aryl methyl sites for hydroxylation is 2. The number of aliphatic hydroxyl groups excluding tert-OH is 3. The number of aliphatic hydroxyl groups is 3. The van der Waals surface area contributed by atoms with Gasteiger partial charge >= 0.3 is 0 Å². The van der Waals surface area contributed by atoms with Crippen LogP contribution in [0.5, 0.6) is 0 Å². The number of benzene rings is 1. The topological polar surface area (TPSA) is 79.2 Å². The molecule has 0 spiro atoms. The summed E-state index contributed by atoms with van der Waals surface area (Å²) in [6.45, 7) is 7.98. The van der Waals surface area contributed by atoms with Crippen LogP contribution in [-0.2, 0) is 34.5 Å². The fraction of sp³-hybridized carbons (Fsp3) is 0.565. The Labute approximate surface area is 187 Å². The summed E-state index contributed by atoms with van der Waals surface area (Å²) in [6, 6.07) is 5.98. The maximum Gasteiger partial charge on any atom is 0.120 e. The number of hydrogen-bond acceptors (Lipinski definition) is 6. The first-order chi connectivity index (χ1) is 14.1. The molecule has 1 aromatic heterocycles. The summed E-state index contributed by atoms with van der Waals surface area (Å²) in [5.41, 5.74) is 2.47. The molecule has 1 saturated heterocycles. The normalized spacial score (nSPS) is 29.4. The van der Waals surface area contributed by atoms with E-state index in [-0.39, 0.29) is 6.61 Å². The predicted octanol–water partition coefficient (Wildman–Crippen LogP) is 3.73. The highest BCUT2D eigenvalue weighted by atomic mass is 35.5. The van der Waals surface area contributed by atoms with E-state index in [0.29, 0.717) is 17.0 Å². The zero-order valence-electron chi connectivity index (χ0n) is 18.1. The lowest BCUT2D eigenvalue weighted by Crippen LogP contribution is -2.61. The van der Waals surface area contributed by atoms with Gasteiger partial charge in [0.25, 0.3) is 0 Å². The van der Waals surface area contributed by atoms with Gasteiger partial charge in [-0.1, -0.05) is 24.6 Å². The fourth-order valence-electron chi connectivity index (χ4n) is 4.29. The van der Waals surface area contributed by atoms with Crippen LogP contribution in [0.3, 0.4) is 0 Å². The molecular weight excluding hydrogens is 424 g/mol. The molecule has 0 radical (unpaired) electrons. The van der Waals surface area contributed by atoms with E-state index in [1.165, 1.54) is 15.3 Å². The number of thiophene rings is 1. The van der Waals surface area contributed by atoms with E-state index in [2.05, 4.69) is 19.9 Å².